The molecule has 1 saturated heterocycles. The third kappa shape index (κ3) is 3.98. The standard InChI is InChI=1S/C20H24FN7O2/c1-27-11-14(8-24-27)28-5-3-4-12(10-28)16(29)9-23-19-15-6-13(21)7-17(30-2)18(15)25-20(22)26-19/h6-8,11-12H,3-5,9-10H2,1-2H3,(H3,22,23,25,26). The number of piperidine rings is 1. The zero-order valence-corrected chi connectivity index (χ0v) is 16.9. The van der Waals surface area contributed by atoms with Gasteiger partial charge in [-0.05, 0) is 18.9 Å². The number of ketones is 1. The summed E-state index contributed by atoms with van der Waals surface area (Å²) >= 11 is 0. The Morgan fingerprint density at radius 3 is 2.97 bits per heavy atom. The van der Waals surface area contributed by atoms with E-state index in [0.717, 1.165) is 25.1 Å². The van der Waals surface area contributed by atoms with E-state index >= 15 is 0 Å². The van der Waals surface area contributed by atoms with Gasteiger partial charge < -0.3 is 20.7 Å². The van der Waals surface area contributed by atoms with Gasteiger partial charge in [-0.15, -0.1) is 0 Å². The fraction of sp³-hybridized carbons (Fsp3) is 0.400. The molecule has 1 fully saturated rings. The molecule has 1 atom stereocenters. The maximum Gasteiger partial charge on any atom is 0.222 e. The second-order valence-corrected chi connectivity index (χ2v) is 7.41. The van der Waals surface area contributed by atoms with Crippen LogP contribution in [0.4, 0.5) is 21.8 Å². The highest BCUT2D eigenvalue weighted by atomic mass is 19.1. The second kappa shape index (κ2) is 8.13. The third-order valence-electron chi connectivity index (χ3n) is 5.33. The first-order valence-electron chi connectivity index (χ1n) is 9.75. The summed E-state index contributed by atoms with van der Waals surface area (Å²) in [6.45, 7) is 1.60. The van der Waals surface area contributed by atoms with Crippen molar-refractivity contribution in [3.8, 4) is 5.75 Å². The number of Topliss-reactive ketones (excluding diaryl/α,β-unsaturated/α-hetero) is 1. The lowest BCUT2D eigenvalue weighted by molar-refractivity contribution is -0.121. The Morgan fingerprint density at radius 2 is 2.23 bits per heavy atom. The number of hydrogen-bond acceptors (Lipinski definition) is 8. The summed E-state index contributed by atoms with van der Waals surface area (Å²) < 4.78 is 20.9. The molecule has 0 spiro atoms. The van der Waals surface area contributed by atoms with Crippen molar-refractivity contribution < 1.29 is 13.9 Å². The smallest absolute Gasteiger partial charge is 0.222 e. The number of methoxy groups -OCH3 is 1. The molecule has 2 aromatic heterocycles. The average molecular weight is 413 g/mol. The van der Waals surface area contributed by atoms with Crippen LogP contribution in [0.2, 0.25) is 0 Å². The first-order valence-corrected chi connectivity index (χ1v) is 9.75. The Hall–Kier alpha value is -3.43. The van der Waals surface area contributed by atoms with Gasteiger partial charge >= 0.3 is 0 Å². The number of nitrogen functional groups attached to an aromatic ring is 1. The van der Waals surface area contributed by atoms with Gasteiger partial charge in [-0.3, -0.25) is 9.48 Å². The number of carbonyl (C=O) groups is 1. The minimum absolute atomic E-state index is 0.0165. The van der Waals surface area contributed by atoms with Gasteiger partial charge in [-0.25, -0.2) is 9.37 Å². The summed E-state index contributed by atoms with van der Waals surface area (Å²) in [6.07, 6.45) is 5.51. The summed E-state index contributed by atoms with van der Waals surface area (Å²) in [4.78, 5) is 23.4. The lowest BCUT2D eigenvalue weighted by atomic mass is 9.93. The van der Waals surface area contributed by atoms with Crippen molar-refractivity contribution in [1.82, 2.24) is 19.7 Å². The fourth-order valence-electron chi connectivity index (χ4n) is 3.84. The molecule has 9 nitrogen and oxygen atoms in total. The van der Waals surface area contributed by atoms with Crippen molar-refractivity contribution in [2.24, 2.45) is 13.0 Å². The number of carbonyl (C=O) groups excluding carboxylic acids is 1. The molecule has 1 aliphatic rings. The molecule has 0 saturated carbocycles. The zero-order valence-electron chi connectivity index (χ0n) is 16.9. The summed E-state index contributed by atoms with van der Waals surface area (Å²) in [5, 5.41) is 7.64. The largest absolute Gasteiger partial charge is 0.494 e. The topological polar surface area (TPSA) is 111 Å². The number of aromatic nitrogens is 4. The molecule has 0 aliphatic carbocycles. The number of hydrogen-bond donors (Lipinski definition) is 2. The van der Waals surface area contributed by atoms with Crippen molar-refractivity contribution in [1.29, 1.82) is 0 Å². The van der Waals surface area contributed by atoms with Crippen molar-refractivity contribution in [2.75, 3.05) is 42.7 Å². The van der Waals surface area contributed by atoms with Crippen LogP contribution in [0.25, 0.3) is 10.9 Å². The molecule has 10 heteroatoms. The van der Waals surface area contributed by atoms with Gasteiger partial charge in [0.15, 0.2) is 5.78 Å². The molecule has 0 amide bonds. The van der Waals surface area contributed by atoms with Gasteiger partial charge in [-0.1, -0.05) is 0 Å². The molecule has 3 aromatic rings. The Morgan fingerprint density at radius 1 is 1.40 bits per heavy atom. The van der Waals surface area contributed by atoms with Crippen LogP contribution in [0, 0.1) is 11.7 Å². The Balaban J connectivity index is 1.50. The normalized spacial score (nSPS) is 16.6. The van der Waals surface area contributed by atoms with Crippen LogP contribution in [0.3, 0.4) is 0 Å². The van der Waals surface area contributed by atoms with Gasteiger partial charge in [0.05, 0.1) is 25.5 Å². The molecule has 1 aromatic carbocycles. The van der Waals surface area contributed by atoms with E-state index in [0.29, 0.717) is 23.3 Å². The molecule has 30 heavy (non-hydrogen) atoms. The molecule has 3 heterocycles. The lowest BCUT2D eigenvalue weighted by Crippen LogP contribution is -2.40. The van der Waals surface area contributed by atoms with Crippen molar-refractivity contribution >= 4 is 34.1 Å². The van der Waals surface area contributed by atoms with Gasteiger partial charge in [0.2, 0.25) is 5.95 Å². The minimum Gasteiger partial charge on any atom is -0.494 e. The number of anilines is 3. The number of fused-ring (bicyclic) bond motifs is 1. The first kappa shape index (κ1) is 19.9. The van der Waals surface area contributed by atoms with E-state index in [9.17, 15) is 9.18 Å². The molecular weight excluding hydrogens is 389 g/mol. The number of nitrogens with zero attached hydrogens (tertiary/aromatic N) is 5. The van der Waals surface area contributed by atoms with Crippen LogP contribution in [-0.4, -0.2) is 52.3 Å². The van der Waals surface area contributed by atoms with E-state index in [1.54, 1.807) is 4.68 Å². The maximum absolute atomic E-state index is 14.0. The predicted octanol–water partition coefficient (Wildman–Crippen LogP) is 1.99. The van der Waals surface area contributed by atoms with Gasteiger partial charge in [0.1, 0.15) is 22.9 Å². The monoisotopic (exact) mass is 413 g/mol. The van der Waals surface area contributed by atoms with Gasteiger partial charge in [0, 0.05) is 43.7 Å². The lowest BCUT2D eigenvalue weighted by Gasteiger charge is -2.32. The van der Waals surface area contributed by atoms with Crippen LogP contribution >= 0.6 is 0 Å². The number of nitrogens with one attached hydrogen (secondary N) is 1. The quantitative estimate of drug-likeness (QED) is 0.631. The summed E-state index contributed by atoms with van der Waals surface area (Å²) in [5.74, 6) is 0.0566. The highest BCUT2D eigenvalue weighted by Gasteiger charge is 2.26. The van der Waals surface area contributed by atoms with Gasteiger partial charge in [0.25, 0.3) is 0 Å². The Kier molecular flexibility index (Phi) is 5.39. The fourth-order valence-corrected chi connectivity index (χ4v) is 3.84. The van der Waals surface area contributed by atoms with Gasteiger partial charge in [-0.2, -0.15) is 10.1 Å². The van der Waals surface area contributed by atoms with Crippen molar-refractivity contribution in [3.05, 3.63) is 30.3 Å². The molecule has 158 valence electrons. The predicted molar refractivity (Wildman–Crippen MR) is 112 cm³/mol. The van der Waals surface area contributed by atoms with E-state index in [1.807, 2.05) is 19.4 Å². The average Bonchev–Trinajstić information content (AvgIpc) is 3.18. The second-order valence-electron chi connectivity index (χ2n) is 7.41. The summed E-state index contributed by atoms with van der Waals surface area (Å²) in [5.41, 5.74) is 7.21. The van der Waals surface area contributed by atoms with Crippen LogP contribution in [0.15, 0.2) is 24.5 Å². The molecule has 0 bridgehead atoms. The highest BCUT2D eigenvalue weighted by molar-refractivity contribution is 5.95. The van der Waals surface area contributed by atoms with E-state index in [1.165, 1.54) is 19.2 Å². The van der Waals surface area contributed by atoms with Crippen LogP contribution < -0.4 is 20.7 Å². The maximum atomic E-state index is 14.0. The number of halogens is 1. The van der Waals surface area contributed by atoms with E-state index in [2.05, 4.69) is 25.3 Å². The molecule has 4 rings (SSSR count). The van der Waals surface area contributed by atoms with E-state index in [4.69, 9.17) is 10.5 Å². The molecule has 1 aliphatic heterocycles. The van der Waals surface area contributed by atoms with Crippen LogP contribution in [-0.2, 0) is 11.8 Å². The first-order chi connectivity index (χ1) is 14.4. The van der Waals surface area contributed by atoms with Crippen molar-refractivity contribution in [3.63, 3.8) is 0 Å². The summed E-state index contributed by atoms with van der Waals surface area (Å²) in [6, 6.07) is 2.54. The molecule has 0 radical (unpaired) electrons. The minimum atomic E-state index is -0.485. The zero-order chi connectivity index (χ0) is 21.3. The number of benzene rings is 1. The Bertz CT molecular complexity index is 1080. The van der Waals surface area contributed by atoms with Crippen LogP contribution in [0.5, 0.6) is 5.75 Å². The van der Waals surface area contributed by atoms with Crippen molar-refractivity contribution in [2.45, 2.75) is 12.8 Å². The number of nitrogens with two attached hydrogens (primary N) is 1. The molecule has 3 N–H and O–H groups in total. The molecule has 1 unspecified atom stereocenters. The number of ether oxygens (including phenoxy) is 1. The number of aryl methyl sites for hydroxylation is 1. The van der Waals surface area contributed by atoms with E-state index in [-0.39, 0.29) is 29.9 Å². The highest BCUT2D eigenvalue weighted by Crippen LogP contribution is 2.30. The SMILES string of the molecule is COc1cc(F)cc2c(NCC(=O)C3CCCN(c4cnn(C)c4)C3)nc(N)nc12. The van der Waals surface area contributed by atoms with E-state index < -0.39 is 5.82 Å². The number of rotatable bonds is 6. The Labute approximate surface area is 173 Å². The molecular formula is C20H24FN7O2. The summed E-state index contributed by atoms with van der Waals surface area (Å²) in [7, 11) is 3.30. The third-order valence-corrected chi connectivity index (χ3v) is 5.33. The van der Waals surface area contributed by atoms with Crippen LogP contribution in [0.1, 0.15) is 12.8 Å².